The van der Waals surface area contributed by atoms with Crippen LogP contribution >= 0.6 is 0 Å². The summed E-state index contributed by atoms with van der Waals surface area (Å²) in [5.74, 6) is 0.514. The van der Waals surface area contributed by atoms with Gasteiger partial charge in [0, 0.05) is 18.0 Å². The minimum Gasteiger partial charge on any atom is -0.369 e. The second kappa shape index (κ2) is 5.22. The summed E-state index contributed by atoms with van der Waals surface area (Å²) in [4.78, 5) is 2.54. The molecule has 0 bridgehead atoms. The Morgan fingerprint density at radius 3 is 2.05 bits per heavy atom. The number of rotatable bonds is 2. The maximum Gasteiger partial charge on any atom is 0.0978 e. The van der Waals surface area contributed by atoms with Gasteiger partial charge in [0.15, 0.2) is 0 Å². The largest absolute Gasteiger partial charge is 0.369 e. The van der Waals surface area contributed by atoms with Crippen molar-refractivity contribution in [1.29, 1.82) is 0 Å². The molecule has 2 saturated heterocycles. The first-order chi connectivity index (χ1) is 10.7. The number of nitrogens with zero attached hydrogens (tertiary/aromatic N) is 1. The molecular formula is C20H23NO. The van der Waals surface area contributed by atoms with Gasteiger partial charge >= 0.3 is 0 Å². The standard InChI is InChI=1S/C20H23NO/c1-15-19(17-11-7-4-8-12-17)21(2)18(13-20(15)14-22-20)16-9-5-3-6-10-16/h3-12,15,18-19H,13-14H2,1-2H3/t15-,18-,19+,20?/m0/s1. The third-order valence-corrected chi connectivity index (χ3v) is 5.61. The van der Waals surface area contributed by atoms with Crippen molar-refractivity contribution < 1.29 is 4.74 Å². The molecule has 2 heterocycles. The Bertz CT molecular complexity index is 635. The fraction of sp³-hybridized carbons (Fsp3) is 0.400. The van der Waals surface area contributed by atoms with Gasteiger partial charge in [-0.3, -0.25) is 4.90 Å². The summed E-state index contributed by atoms with van der Waals surface area (Å²) in [6, 6.07) is 22.6. The van der Waals surface area contributed by atoms with Gasteiger partial charge in [-0.05, 0) is 24.6 Å². The molecule has 2 aliphatic rings. The molecule has 0 N–H and O–H groups in total. The normalized spacial score (nSPS) is 34.7. The first-order valence-electron chi connectivity index (χ1n) is 8.17. The summed E-state index contributed by atoms with van der Waals surface area (Å²) in [5, 5.41) is 0. The van der Waals surface area contributed by atoms with Crippen LogP contribution in [0.3, 0.4) is 0 Å². The van der Waals surface area contributed by atoms with E-state index in [9.17, 15) is 0 Å². The van der Waals surface area contributed by atoms with Crippen molar-refractivity contribution in [3.8, 4) is 0 Å². The maximum atomic E-state index is 5.97. The fourth-order valence-corrected chi connectivity index (χ4v) is 4.17. The molecule has 2 aromatic carbocycles. The van der Waals surface area contributed by atoms with Gasteiger partial charge in [0.05, 0.1) is 12.2 Å². The number of hydrogen-bond acceptors (Lipinski definition) is 2. The van der Waals surface area contributed by atoms with Crippen molar-refractivity contribution in [1.82, 2.24) is 4.90 Å². The van der Waals surface area contributed by atoms with Gasteiger partial charge in [-0.2, -0.15) is 0 Å². The molecule has 2 aromatic rings. The minimum absolute atomic E-state index is 0.0769. The highest BCUT2D eigenvalue weighted by atomic mass is 16.6. The van der Waals surface area contributed by atoms with Gasteiger partial charge in [-0.25, -0.2) is 0 Å². The summed E-state index contributed by atoms with van der Waals surface area (Å²) < 4.78 is 5.97. The van der Waals surface area contributed by atoms with E-state index in [1.807, 2.05) is 0 Å². The van der Waals surface area contributed by atoms with E-state index in [0.717, 1.165) is 13.0 Å². The zero-order chi connectivity index (χ0) is 15.2. The Morgan fingerprint density at radius 2 is 1.50 bits per heavy atom. The van der Waals surface area contributed by atoms with Crippen molar-refractivity contribution >= 4 is 0 Å². The van der Waals surface area contributed by atoms with Gasteiger partial charge in [0.2, 0.25) is 0 Å². The Hall–Kier alpha value is -1.64. The molecule has 1 spiro atoms. The summed E-state index contributed by atoms with van der Waals surface area (Å²) >= 11 is 0. The topological polar surface area (TPSA) is 15.8 Å². The zero-order valence-corrected chi connectivity index (χ0v) is 13.3. The van der Waals surface area contributed by atoms with Crippen LogP contribution in [0.1, 0.15) is 36.6 Å². The molecule has 1 unspecified atom stereocenters. The van der Waals surface area contributed by atoms with E-state index in [-0.39, 0.29) is 5.60 Å². The van der Waals surface area contributed by atoms with Crippen molar-refractivity contribution in [2.24, 2.45) is 5.92 Å². The van der Waals surface area contributed by atoms with E-state index in [0.29, 0.717) is 18.0 Å². The summed E-state index contributed by atoms with van der Waals surface area (Å²) in [5.41, 5.74) is 2.87. The van der Waals surface area contributed by atoms with E-state index in [1.165, 1.54) is 11.1 Å². The quantitative estimate of drug-likeness (QED) is 0.771. The fourth-order valence-electron chi connectivity index (χ4n) is 4.17. The summed E-state index contributed by atoms with van der Waals surface area (Å²) in [6.07, 6.45) is 1.10. The molecular weight excluding hydrogens is 270 g/mol. The van der Waals surface area contributed by atoms with Crippen LogP contribution in [0.2, 0.25) is 0 Å². The number of ether oxygens (including phenoxy) is 1. The van der Waals surface area contributed by atoms with E-state index in [4.69, 9.17) is 4.74 Å². The van der Waals surface area contributed by atoms with E-state index >= 15 is 0 Å². The lowest BCUT2D eigenvalue weighted by Crippen LogP contribution is -2.46. The molecule has 0 aromatic heterocycles. The van der Waals surface area contributed by atoms with Crippen molar-refractivity contribution in [2.75, 3.05) is 13.7 Å². The number of benzene rings is 2. The Morgan fingerprint density at radius 1 is 0.955 bits per heavy atom. The second-order valence-corrected chi connectivity index (χ2v) is 6.79. The highest BCUT2D eigenvalue weighted by molar-refractivity contribution is 5.28. The number of hydrogen-bond donors (Lipinski definition) is 0. The van der Waals surface area contributed by atoms with Crippen molar-refractivity contribution in [3.05, 3.63) is 71.8 Å². The van der Waals surface area contributed by atoms with E-state index in [1.54, 1.807) is 0 Å². The minimum atomic E-state index is 0.0769. The highest BCUT2D eigenvalue weighted by Gasteiger charge is 2.58. The van der Waals surface area contributed by atoms with Gasteiger partial charge in [0.1, 0.15) is 0 Å². The first-order valence-corrected chi connectivity index (χ1v) is 8.17. The van der Waals surface area contributed by atoms with Crippen LogP contribution in [-0.2, 0) is 4.74 Å². The van der Waals surface area contributed by atoms with Crippen LogP contribution < -0.4 is 0 Å². The van der Waals surface area contributed by atoms with E-state index in [2.05, 4.69) is 79.5 Å². The van der Waals surface area contributed by atoms with Crippen molar-refractivity contribution in [2.45, 2.75) is 31.0 Å². The van der Waals surface area contributed by atoms with Crippen LogP contribution in [0.25, 0.3) is 0 Å². The summed E-state index contributed by atoms with van der Waals surface area (Å²) in [7, 11) is 2.26. The molecule has 2 heteroatoms. The molecule has 0 aliphatic carbocycles. The molecule has 2 fully saturated rings. The summed E-state index contributed by atoms with van der Waals surface area (Å²) in [6.45, 7) is 3.26. The number of piperidine rings is 1. The van der Waals surface area contributed by atoms with Gasteiger partial charge in [-0.1, -0.05) is 67.6 Å². The van der Waals surface area contributed by atoms with Gasteiger partial charge < -0.3 is 4.74 Å². The maximum absolute atomic E-state index is 5.97. The predicted octanol–water partition coefficient (Wildman–Crippen LogP) is 4.21. The van der Waals surface area contributed by atoms with Crippen LogP contribution in [0, 0.1) is 5.92 Å². The zero-order valence-electron chi connectivity index (χ0n) is 13.3. The van der Waals surface area contributed by atoms with E-state index < -0.39 is 0 Å². The SMILES string of the molecule is C[C@H]1[C@H](c2ccccc2)N(C)[C@H](c2ccccc2)CC12CO2. The first kappa shape index (κ1) is 14.0. The average Bonchev–Trinajstić information content (AvgIpc) is 3.34. The molecule has 4 atom stereocenters. The molecule has 0 amide bonds. The third-order valence-electron chi connectivity index (χ3n) is 5.61. The van der Waals surface area contributed by atoms with Gasteiger partial charge in [-0.15, -0.1) is 0 Å². The molecule has 22 heavy (non-hydrogen) atoms. The molecule has 114 valence electrons. The van der Waals surface area contributed by atoms with Crippen LogP contribution in [0.4, 0.5) is 0 Å². The number of likely N-dealkylation sites (tertiary alicyclic amines) is 1. The lowest BCUT2D eigenvalue weighted by Gasteiger charge is -2.47. The second-order valence-electron chi connectivity index (χ2n) is 6.79. The monoisotopic (exact) mass is 293 g/mol. The molecule has 2 nitrogen and oxygen atoms in total. The van der Waals surface area contributed by atoms with Crippen LogP contribution in [0.5, 0.6) is 0 Å². The molecule has 0 saturated carbocycles. The Kier molecular flexibility index (Phi) is 3.32. The van der Waals surface area contributed by atoms with Crippen LogP contribution in [-0.4, -0.2) is 24.2 Å². The lowest BCUT2D eigenvalue weighted by molar-refractivity contribution is 0.00588. The Labute approximate surface area is 132 Å². The van der Waals surface area contributed by atoms with Gasteiger partial charge in [0.25, 0.3) is 0 Å². The van der Waals surface area contributed by atoms with Crippen LogP contribution in [0.15, 0.2) is 60.7 Å². The molecule has 0 radical (unpaired) electrons. The third kappa shape index (κ3) is 2.18. The molecule has 2 aliphatic heterocycles. The molecule has 4 rings (SSSR count). The van der Waals surface area contributed by atoms with Crippen molar-refractivity contribution in [3.63, 3.8) is 0 Å². The predicted molar refractivity (Wildman–Crippen MR) is 88.6 cm³/mol. The smallest absolute Gasteiger partial charge is 0.0978 e. The Balaban J connectivity index is 1.74. The number of epoxide rings is 1. The lowest BCUT2D eigenvalue weighted by atomic mass is 9.74. The average molecular weight is 293 g/mol. The highest BCUT2D eigenvalue weighted by Crippen LogP contribution is 2.55.